The molecule has 0 heterocycles. The molecule has 0 radical (unpaired) electrons. The second-order valence-electron chi connectivity index (χ2n) is 10.4. The number of para-hydroxylation sites is 1. The van der Waals surface area contributed by atoms with Crippen molar-refractivity contribution in [2.45, 2.75) is 43.7 Å². The number of nitrogens with zero attached hydrogens (tertiary/aromatic N) is 2. The molecule has 0 bridgehead atoms. The standard InChI is InChI=1S/C34H34Cl2FN3O4S/c1-2-3-21-38-34(42)32(22-25-11-6-4-7-12-25)39(23-29-30(35)15-10-16-31(29)36)33(41)24-40(27-13-8-5-9-14-27)45(43,44)28-19-17-26(37)18-20-28/h4-20,32H,2-3,21-24H2,1H3,(H,38,42). The number of amides is 2. The maximum atomic E-state index is 14.4. The van der Waals surface area contributed by atoms with Gasteiger partial charge in [-0.3, -0.25) is 13.9 Å². The lowest BCUT2D eigenvalue weighted by molar-refractivity contribution is -0.140. The van der Waals surface area contributed by atoms with E-state index in [1.807, 2.05) is 37.3 Å². The number of hydrogen-bond donors (Lipinski definition) is 1. The largest absolute Gasteiger partial charge is 0.354 e. The third kappa shape index (κ3) is 8.84. The Balaban J connectivity index is 1.80. The number of benzene rings is 4. The van der Waals surface area contributed by atoms with Gasteiger partial charge in [-0.15, -0.1) is 0 Å². The van der Waals surface area contributed by atoms with E-state index in [4.69, 9.17) is 23.2 Å². The molecule has 236 valence electrons. The summed E-state index contributed by atoms with van der Waals surface area (Å²) in [5.74, 6) is -1.65. The van der Waals surface area contributed by atoms with Gasteiger partial charge in [0.15, 0.2) is 0 Å². The molecule has 0 fully saturated rings. The van der Waals surface area contributed by atoms with Crippen molar-refractivity contribution in [1.82, 2.24) is 10.2 Å². The van der Waals surface area contributed by atoms with Gasteiger partial charge < -0.3 is 10.2 Å². The summed E-state index contributed by atoms with van der Waals surface area (Å²) in [5.41, 5.74) is 1.44. The Morgan fingerprint density at radius 2 is 1.44 bits per heavy atom. The predicted molar refractivity (Wildman–Crippen MR) is 176 cm³/mol. The fourth-order valence-corrected chi connectivity index (χ4v) is 6.70. The van der Waals surface area contributed by atoms with Crippen LogP contribution in [-0.2, 0) is 32.6 Å². The van der Waals surface area contributed by atoms with Gasteiger partial charge >= 0.3 is 0 Å². The SMILES string of the molecule is CCCCNC(=O)C(Cc1ccccc1)N(Cc1c(Cl)cccc1Cl)C(=O)CN(c1ccccc1)S(=O)(=O)c1ccc(F)cc1. The highest BCUT2D eigenvalue weighted by Crippen LogP contribution is 2.29. The quantitative estimate of drug-likeness (QED) is 0.148. The van der Waals surface area contributed by atoms with Crippen molar-refractivity contribution in [3.05, 3.63) is 130 Å². The van der Waals surface area contributed by atoms with Crippen molar-refractivity contribution in [1.29, 1.82) is 0 Å². The van der Waals surface area contributed by atoms with E-state index in [9.17, 15) is 22.4 Å². The molecule has 0 aliphatic carbocycles. The van der Waals surface area contributed by atoms with Crippen molar-refractivity contribution in [3.8, 4) is 0 Å². The summed E-state index contributed by atoms with van der Waals surface area (Å²) >= 11 is 13.1. The summed E-state index contributed by atoms with van der Waals surface area (Å²) in [6.07, 6.45) is 1.75. The molecule has 7 nitrogen and oxygen atoms in total. The Bertz CT molecular complexity index is 1670. The topological polar surface area (TPSA) is 86.8 Å². The van der Waals surface area contributed by atoms with Crippen LogP contribution in [0.1, 0.15) is 30.9 Å². The van der Waals surface area contributed by atoms with Gasteiger partial charge in [0.25, 0.3) is 10.0 Å². The van der Waals surface area contributed by atoms with Crippen LogP contribution in [-0.4, -0.2) is 44.3 Å². The number of anilines is 1. The number of rotatable bonds is 14. The van der Waals surface area contributed by atoms with E-state index in [0.717, 1.165) is 47.0 Å². The van der Waals surface area contributed by atoms with Crippen LogP contribution in [0.15, 0.2) is 108 Å². The average Bonchev–Trinajstić information content (AvgIpc) is 3.03. The molecule has 11 heteroatoms. The molecular formula is C34H34Cl2FN3O4S. The predicted octanol–water partition coefficient (Wildman–Crippen LogP) is 6.88. The summed E-state index contributed by atoms with van der Waals surface area (Å²) in [7, 11) is -4.34. The van der Waals surface area contributed by atoms with E-state index in [2.05, 4.69) is 5.32 Å². The van der Waals surface area contributed by atoms with E-state index < -0.39 is 40.2 Å². The Hall–Kier alpha value is -3.92. The molecule has 0 aromatic heterocycles. The zero-order valence-corrected chi connectivity index (χ0v) is 27.0. The van der Waals surface area contributed by atoms with Gasteiger partial charge in [0.2, 0.25) is 11.8 Å². The number of hydrogen-bond acceptors (Lipinski definition) is 4. The molecular weight excluding hydrogens is 636 g/mol. The van der Waals surface area contributed by atoms with Crippen molar-refractivity contribution in [2.24, 2.45) is 0 Å². The molecule has 0 aliphatic rings. The van der Waals surface area contributed by atoms with Crippen LogP contribution in [0.4, 0.5) is 10.1 Å². The van der Waals surface area contributed by atoms with Gasteiger partial charge in [-0.25, -0.2) is 12.8 Å². The Labute approximate surface area is 273 Å². The Kier molecular flexibility index (Phi) is 12.0. The van der Waals surface area contributed by atoms with Gasteiger partial charge in [-0.05, 0) is 60.5 Å². The summed E-state index contributed by atoms with van der Waals surface area (Å²) in [6.45, 7) is 1.60. The number of nitrogens with one attached hydrogen (secondary N) is 1. The minimum absolute atomic E-state index is 0.155. The van der Waals surface area contributed by atoms with Crippen molar-refractivity contribution >= 4 is 50.7 Å². The first-order chi connectivity index (χ1) is 21.6. The van der Waals surface area contributed by atoms with Gasteiger partial charge in [0, 0.05) is 35.1 Å². The third-order valence-corrected chi connectivity index (χ3v) is 9.71. The second kappa shape index (κ2) is 15.9. The fourth-order valence-electron chi connectivity index (χ4n) is 4.77. The van der Waals surface area contributed by atoms with Gasteiger partial charge in [0.05, 0.1) is 10.6 Å². The van der Waals surface area contributed by atoms with Crippen LogP contribution >= 0.6 is 23.2 Å². The minimum Gasteiger partial charge on any atom is -0.354 e. The molecule has 2 amide bonds. The molecule has 1 unspecified atom stereocenters. The first-order valence-electron chi connectivity index (χ1n) is 14.5. The molecule has 4 rings (SSSR count). The van der Waals surface area contributed by atoms with Gasteiger partial charge in [-0.2, -0.15) is 0 Å². The molecule has 4 aromatic carbocycles. The first kappa shape index (κ1) is 34.0. The maximum Gasteiger partial charge on any atom is 0.264 e. The fraction of sp³-hybridized carbons (Fsp3) is 0.235. The third-order valence-electron chi connectivity index (χ3n) is 7.22. The highest BCUT2D eigenvalue weighted by atomic mass is 35.5. The van der Waals surface area contributed by atoms with Crippen LogP contribution in [0.3, 0.4) is 0 Å². The number of halogens is 3. The highest BCUT2D eigenvalue weighted by Gasteiger charge is 2.35. The van der Waals surface area contributed by atoms with Crippen LogP contribution in [0.25, 0.3) is 0 Å². The maximum absolute atomic E-state index is 14.4. The van der Waals surface area contributed by atoms with Crippen LogP contribution in [0.5, 0.6) is 0 Å². The minimum atomic E-state index is -4.34. The summed E-state index contributed by atoms with van der Waals surface area (Å²) in [5, 5.41) is 3.53. The zero-order chi connectivity index (χ0) is 32.4. The molecule has 0 saturated carbocycles. The second-order valence-corrected chi connectivity index (χ2v) is 13.0. The molecule has 1 N–H and O–H groups in total. The monoisotopic (exact) mass is 669 g/mol. The van der Waals surface area contributed by atoms with Crippen molar-refractivity contribution < 1.29 is 22.4 Å². The molecule has 0 saturated heterocycles. The summed E-state index contributed by atoms with van der Waals surface area (Å²) in [4.78, 5) is 29.4. The first-order valence-corrected chi connectivity index (χ1v) is 16.7. The van der Waals surface area contributed by atoms with E-state index >= 15 is 0 Å². The van der Waals surface area contributed by atoms with Crippen molar-refractivity contribution in [3.63, 3.8) is 0 Å². The zero-order valence-electron chi connectivity index (χ0n) is 24.7. The Morgan fingerprint density at radius 1 is 0.844 bits per heavy atom. The van der Waals surface area contributed by atoms with Crippen molar-refractivity contribution in [2.75, 3.05) is 17.4 Å². The molecule has 1 atom stereocenters. The van der Waals surface area contributed by atoms with Gasteiger partial charge in [-0.1, -0.05) is 91.1 Å². The number of carbonyl (C=O) groups excluding carboxylic acids is 2. The molecule has 0 aliphatic heterocycles. The van der Waals surface area contributed by atoms with Gasteiger partial charge in [0.1, 0.15) is 18.4 Å². The van der Waals surface area contributed by atoms with Crippen LogP contribution < -0.4 is 9.62 Å². The van der Waals surface area contributed by atoms with E-state index in [1.165, 1.54) is 4.90 Å². The smallest absolute Gasteiger partial charge is 0.264 e. The molecule has 4 aromatic rings. The average molecular weight is 671 g/mol. The van der Waals surface area contributed by atoms with Crippen LogP contribution in [0.2, 0.25) is 10.0 Å². The summed E-state index contributed by atoms with van der Waals surface area (Å²) < 4.78 is 42.6. The number of sulfonamides is 1. The normalized spacial score (nSPS) is 11.9. The van der Waals surface area contributed by atoms with Crippen LogP contribution in [0, 0.1) is 5.82 Å². The number of unbranched alkanes of at least 4 members (excludes halogenated alkanes) is 1. The van der Waals surface area contributed by atoms with E-state index in [-0.39, 0.29) is 23.5 Å². The highest BCUT2D eigenvalue weighted by molar-refractivity contribution is 7.92. The molecule has 0 spiro atoms. The lowest BCUT2D eigenvalue weighted by Crippen LogP contribution is -2.53. The lowest BCUT2D eigenvalue weighted by Gasteiger charge is -2.34. The number of carbonyl (C=O) groups is 2. The van der Waals surface area contributed by atoms with E-state index in [1.54, 1.807) is 48.5 Å². The molecule has 45 heavy (non-hydrogen) atoms. The lowest BCUT2D eigenvalue weighted by atomic mass is 10.0. The Morgan fingerprint density at radius 3 is 2.04 bits per heavy atom. The van der Waals surface area contributed by atoms with E-state index in [0.29, 0.717) is 22.2 Å². The summed E-state index contributed by atoms with van der Waals surface area (Å²) in [6, 6.07) is 25.6.